The lowest BCUT2D eigenvalue weighted by Crippen LogP contribution is -2.27. The van der Waals surface area contributed by atoms with E-state index in [0.29, 0.717) is 18.0 Å². The van der Waals surface area contributed by atoms with Crippen molar-refractivity contribution >= 4 is 21.4 Å². The zero-order valence-corrected chi connectivity index (χ0v) is 13.1. The Morgan fingerprint density at radius 2 is 2.20 bits per heavy atom. The monoisotopic (exact) mass is 314 g/mol. The van der Waals surface area contributed by atoms with Gasteiger partial charge in [-0.2, -0.15) is 4.31 Å². The van der Waals surface area contributed by atoms with Gasteiger partial charge in [-0.1, -0.05) is 6.92 Å². The van der Waals surface area contributed by atoms with Crippen LogP contribution in [-0.2, 0) is 23.1 Å². The molecule has 1 N–H and O–H groups in total. The minimum atomic E-state index is -3.47. The van der Waals surface area contributed by atoms with Gasteiger partial charge in [-0.3, -0.25) is 0 Å². The third-order valence-corrected chi connectivity index (χ3v) is 5.85. The van der Waals surface area contributed by atoms with Crippen molar-refractivity contribution in [3.05, 3.63) is 40.5 Å². The minimum Gasteiger partial charge on any atom is -0.472 e. The van der Waals surface area contributed by atoms with Crippen molar-refractivity contribution in [2.45, 2.75) is 24.9 Å². The van der Waals surface area contributed by atoms with Crippen LogP contribution in [0, 0.1) is 0 Å². The predicted molar refractivity (Wildman–Crippen MR) is 79.1 cm³/mol. The summed E-state index contributed by atoms with van der Waals surface area (Å²) in [6, 6.07) is 3.43. The van der Waals surface area contributed by atoms with Crippen molar-refractivity contribution in [2.75, 3.05) is 13.6 Å². The van der Waals surface area contributed by atoms with Crippen molar-refractivity contribution in [1.29, 1.82) is 0 Å². The van der Waals surface area contributed by atoms with Crippen LogP contribution in [0.1, 0.15) is 17.4 Å². The summed E-state index contributed by atoms with van der Waals surface area (Å²) < 4.78 is 31.5. The van der Waals surface area contributed by atoms with Crippen molar-refractivity contribution in [3.8, 4) is 0 Å². The Morgan fingerprint density at radius 3 is 2.85 bits per heavy atom. The molecule has 0 bridgehead atoms. The molecular weight excluding hydrogens is 296 g/mol. The number of thiophene rings is 1. The zero-order valence-electron chi connectivity index (χ0n) is 11.5. The Labute approximate surface area is 123 Å². The van der Waals surface area contributed by atoms with Crippen LogP contribution in [0.4, 0.5) is 0 Å². The largest absolute Gasteiger partial charge is 0.472 e. The highest BCUT2D eigenvalue weighted by Gasteiger charge is 2.25. The van der Waals surface area contributed by atoms with Gasteiger partial charge in [0, 0.05) is 30.6 Å². The van der Waals surface area contributed by atoms with Gasteiger partial charge in [-0.05, 0) is 24.1 Å². The summed E-state index contributed by atoms with van der Waals surface area (Å²) >= 11 is 1.45. The number of furan rings is 1. The quantitative estimate of drug-likeness (QED) is 0.851. The van der Waals surface area contributed by atoms with Gasteiger partial charge in [-0.25, -0.2) is 8.42 Å². The van der Waals surface area contributed by atoms with Gasteiger partial charge in [-0.15, -0.1) is 11.3 Å². The van der Waals surface area contributed by atoms with E-state index in [1.54, 1.807) is 25.4 Å². The summed E-state index contributed by atoms with van der Waals surface area (Å²) in [5.74, 6) is 0. The smallest absolute Gasteiger partial charge is 0.244 e. The van der Waals surface area contributed by atoms with Crippen LogP contribution in [0.15, 0.2) is 39.4 Å². The number of hydrogen-bond acceptors (Lipinski definition) is 5. The molecule has 110 valence electrons. The molecule has 0 fully saturated rings. The van der Waals surface area contributed by atoms with Gasteiger partial charge in [0.05, 0.1) is 17.4 Å². The molecule has 0 aliphatic rings. The van der Waals surface area contributed by atoms with Gasteiger partial charge < -0.3 is 9.73 Å². The average Bonchev–Trinajstić information content (AvgIpc) is 3.06. The predicted octanol–water partition coefficient (Wildman–Crippen LogP) is 2.27. The molecule has 0 saturated carbocycles. The molecule has 2 heterocycles. The maximum Gasteiger partial charge on any atom is 0.244 e. The van der Waals surface area contributed by atoms with Crippen molar-refractivity contribution in [2.24, 2.45) is 0 Å². The molecule has 7 heteroatoms. The fourth-order valence-corrected chi connectivity index (χ4v) is 4.36. The van der Waals surface area contributed by atoms with E-state index in [1.807, 2.05) is 12.3 Å². The Balaban J connectivity index is 2.19. The Bertz CT molecular complexity index is 632. The summed E-state index contributed by atoms with van der Waals surface area (Å²) in [5.41, 5.74) is 0.833. The Hall–Kier alpha value is -1.15. The minimum absolute atomic E-state index is 0.301. The highest BCUT2D eigenvalue weighted by atomic mass is 32.2. The molecule has 0 aliphatic heterocycles. The van der Waals surface area contributed by atoms with Gasteiger partial charge >= 0.3 is 0 Å². The van der Waals surface area contributed by atoms with Crippen LogP contribution in [0.3, 0.4) is 0 Å². The molecule has 0 aromatic carbocycles. The second-order valence-electron chi connectivity index (χ2n) is 4.38. The lowest BCUT2D eigenvalue weighted by atomic mass is 10.3. The van der Waals surface area contributed by atoms with E-state index in [1.165, 1.54) is 21.9 Å². The topological polar surface area (TPSA) is 62.6 Å². The van der Waals surface area contributed by atoms with Crippen LogP contribution in [-0.4, -0.2) is 26.3 Å². The van der Waals surface area contributed by atoms with Gasteiger partial charge in [0.1, 0.15) is 0 Å². The van der Waals surface area contributed by atoms with E-state index in [0.717, 1.165) is 17.0 Å². The number of hydrogen-bond donors (Lipinski definition) is 1. The normalized spacial score (nSPS) is 12.2. The van der Waals surface area contributed by atoms with E-state index < -0.39 is 10.0 Å². The highest BCUT2D eigenvalue weighted by Crippen LogP contribution is 2.25. The molecule has 0 amide bonds. The van der Waals surface area contributed by atoms with Gasteiger partial charge in [0.15, 0.2) is 0 Å². The van der Waals surface area contributed by atoms with E-state index in [4.69, 9.17) is 4.42 Å². The fourth-order valence-electron chi connectivity index (χ4n) is 1.82. The molecular formula is C13H18N2O3S2. The second-order valence-corrected chi connectivity index (χ2v) is 7.40. The van der Waals surface area contributed by atoms with Crippen LogP contribution < -0.4 is 5.32 Å². The van der Waals surface area contributed by atoms with Crippen LogP contribution in [0.25, 0.3) is 0 Å². The van der Waals surface area contributed by atoms with Crippen LogP contribution >= 0.6 is 11.3 Å². The first kappa shape index (κ1) is 15.2. The molecule has 2 aromatic rings. The molecule has 0 saturated heterocycles. The summed E-state index contributed by atoms with van der Waals surface area (Å²) in [6.45, 7) is 3.67. The van der Waals surface area contributed by atoms with E-state index in [2.05, 4.69) is 5.32 Å². The summed E-state index contributed by atoms with van der Waals surface area (Å²) in [6.07, 6.45) is 3.09. The number of nitrogens with zero attached hydrogens (tertiary/aromatic N) is 1. The molecule has 0 atom stereocenters. The third-order valence-electron chi connectivity index (χ3n) is 2.91. The average molecular weight is 314 g/mol. The SMILES string of the molecule is CCNCc1sccc1S(=O)(=O)N(C)Cc1ccoc1. The summed E-state index contributed by atoms with van der Waals surface area (Å²) in [5, 5.41) is 4.97. The zero-order chi connectivity index (χ0) is 14.6. The molecule has 0 aliphatic carbocycles. The first-order valence-electron chi connectivity index (χ1n) is 6.30. The van der Waals surface area contributed by atoms with E-state index >= 15 is 0 Å². The summed E-state index contributed by atoms with van der Waals surface area (Å²) in [7, 11) is -1.89. The van der Waals surface area contributed by atoms with Gasteiger partial charge in [0.25, 0.3) is 0 Å². The highest BCUT2D eigenvalue weighted by molar-refractivity contribution is 7.89. The van der Waals surface area contributed by atoms with Crippen molar-refractivity contribution in [1.82, 2.24) is 9.62 Å². The molecule has 2 rings (SSSR count). The standard InChI is InChI=1S/C13H18N2O3S2/c1-3-14-8-12-13(5-7-19-12)20(16,17)15(2)9-11-4-6-18-10-11/h4-7,10,14H,3,8-9H2,1-2H3. The maximum absolute atomic E-state index is 12.6. The fraction of sp³-hybridized carbons (Fsp3) is 0.385. The first-order chi connectivity index (χ1) is 9.55. The Kier molecular flexibility index (Phi) is 4.98. The Morgan fingerprint density at radius 1 is 1.40 bits per heavy atom. The number of sulfonamides is 1. The number of nitrogens with one attached hydrogen (secondary N) is 1. The molecule has 0 unspecified atom stereocenters. The first-order valence-corrected chi connectivity index (χ1v) is 8.62. The van der Waals surface area contributed by atoms with Crippen LogP contribution in [0.2, 0.25) is 0 Å². The molecule has 0 radical (unpaired) electrons. The molecule has 5 nitrogen and oxygen atoms in total. The molecule has 20 heavy (non-hydrogen) atoms. The van der Waals surface area contributed by atoms with Crippen LogP contribution in [0.5, 0.6) is 0 Å². The number of rotatable bonds is 7. The lowest BCUT2D eigenvalue weighted by molar-refractivity contribution is 0.462. The third kappa shape index (κ3) is 3.29. The molecule has 0 spiro atoms. The van der Waals surface area contributed by atoms with Crippen molar-refractivity contribution in [3.63, 3.8) is 0 Å². The summed E-state index contributed by atoms with van der Waals surface area (Å²) in [4.78, 5) is 1.22. The van der Waals surface area contributed by atoms with Crippen molar-refractivity contribution < 1.29 is 12.8 Å². The van der Waals surface area contributed by atoms with E-state index in [-0.39, 0.29) is 0 Å². The second kappa shape index (κ2) is 6.53. The lowest BCUT2D eigenvalue weighted by Gasteiger charge is -2.16. The molecule has 2 aromatic heterocycles. The maximum atomic E-state index is 12.6. The van der Waals surface area contributed by atoms with E-state index in [9.17, 15) is 8.42 Å². The van der Waals surface area contributed by atoms with Gasteiger partial charge in [0.2, 0.25) is 10.0 Å².